The molecule has 0 fully saturated rings. The smallest absolute Gasteiger partial charge is 0.291 e. The molecule has 0 aliphatic rings. The summed E-state index contributed by atoms with van der Waals surface area (Å²) in [5.74, 6) is -0.317. The van der Waals surface area contributed by atoms with Gasteiger partial charge < -0.3 is 0 Å². The molecule has 0 saturated carbocycles. The highest BCUT2D eigenvalue weighted by Crippen LogP contribution is 2.19. The van der Waals surface area contributed by atoms with E-state index in [-0.39, 0.29) is 10.7 Å². The molecule has 0 aromatic heterocycles. The van der Waals surface area contributed by atoms with Gasteiger partial charge in [0.2, 0.25) is 0 Å². The minimum atomic E-state index is -3.97. The SMILES string of the molecule is CCC[C@@H](OS(=O)(=O)c1ccc(C)cc1)C(=O)c1ccccc1. The average molecular weight is 332 g/mol. The molecule has 2 aromatic rings. The maximum absolute atomic E-state index is 12.5. The van der Waals surface area contributed by atoms with Crippen LogP contribution in [0.2, 0.25) is 0 Å². The second kappa shape index (κ2) is 7.53. The van der Waals surface area contributed by atoms with E-state index in [1.54, 1.807) is 42.5 Å². The largest absolute Gasteiger partial charge is 0.297 e. The molecule has 0 heterocycles. The molecular formula is C18H20O4S. The molecule has 1 atom stereocenters. The molecule has 0 bridgehead atoms. The van der Waals surface area contributed by atoms with E-state index in [1.165, 1.54) is 12.1 Å². The summed E-state index contributed by atoms with van der Waals surface area (Å²) in [7, 11) is -3.97. The Morgan fingerprint density at radius 1 is 1.04 bits per heavy atom. The topological polar surface area (TPSA) is 60.4 Å². The zero-order valence-corrected chi connectivity index (χ0v) is 14.0. The molecule has 122 valence electrons. The zero-order chi connectivity index (χ0) is 16.9. The van der Waals surface area contributed by atoms with E-state index in [1.807, 2.05) is 13.8 Å². The quantitative estimate of drug-likeness (QED) is 0.572. The first-order chi connectivity index (χ1) is 10.9. The summed E-state index contributed by atoms with van der Waals surface area (Å²) in [4.78, 5) is 12.6. The maximum atomic E-state index is 12.5. The average Bonchev–Trinajstić information content (AvgIpc) is 2.55. The summed E-state index contributed by atoms with van der Waals surface area (Å²) in [5.41, 5.74) is 1.40. The second-order valence-corrected chi connectivity index (χ2v) is 6.94. The zero-order valence-electron chi connectivity index (χ0n) is 13.2. The van der Waals surface area contributed by atoms with Crippen LogP contribution in [0.5, 0.6) is 0 Å². The molecule has 0 radical (unpaired) electrons. The Hall–Kier alpha value is -1.98. The molecule has 2 aromatic carbocycles. The van der Waals surface area contributed by atoms with E-state index in [0.717, 1.165) is 5.56 Å². The fourth-order valence-corrected chi connectivity index (χ4v) is 3.26. The predicted octanol–water partition coefficient (Wildman–Crippen LogP) is 3.75. The number of Topliss-reactive ketones (excluding diaryl/α,β-unsaturated/α-hetero) is 1. The number of rotatable bonds is 7. The molecule has 23 heavy (non-hydrogen) atoms. The summed E-state index contributed by atoms with van der Waals surface area (Å²) in [6.07, 6.45) is -0.0143. The van der Waals surface area contributed by atoms with E-state index < -0.39 is 16.2 Å². The first kappa shape index (κ1) is 17.4. The highest BCUT2D eigenvalue weighted by molar-refractivity contribution is 7.86. The van der Waals surface area contributed by atoms with Gasteiger partial charge in [-0.25, -0.2) is 0 Å². The number of hydrogen-bond acceptors (Lipinski definition) is 4. The molecule has 0 unspecified atom stereocenters. The Bertz CT molecular complexity index is 749. The Labute approximate surface area is 137 Å². The van der Waals surface area contributed by atoms with Crippen LogP contribution in [0.4, 0.5) is 0 Å². The van der Waals surface area contributed by atoms with Gasteiger partial charge in [0, 0.05) is 5.56 Å². The van der Waals surface area contributed by atoms with Gasteiger partial charge in [-0.3, -0.25) is 8.98 Å². The van der Waals surface area contributed by atoms with E-state index >= 15 is 0 Å². The van der Waals surface area contributed by atoms with E-state index in [9.17, 15) is 13.2 Å². The third-order valence-corrected chi connectivity index (χ3v) is 4.79. The van der Waals surface area contributed by atoms with Crippen LogP contribution in [-0.4, -0.2) is 20.3 Å². The molecule has 5 heteroatoms. The van der Waals surface area contributed by atoms with Gasteiger partial charge in [-0.1, -0.05) is 61.4 Å². The van der Waals surface area contributed by atoms with Crippen LogP contribution in [0.1, 0.15) is 35.7 Å². The first-order valence-electron chi connectivity index (χ1n) is 7.53. The molecule has 4 nitrogen and oxygen atoms in total. The third kappa shape index (κ3) is 4.50. The van der Waals surface area contributed by atoms with Crippen molar-refractivity contribution >= 4 is 15.9 Å². The molecular weight excluding hydrogens is 312 g/mol. The molecule has 0 amide bonds. The minimum absolute atomic E-state index is 0.0602. The van der Waals surface area contributed by atoms with Gasteiger partial charge in [0.25, 0.3) is 10.1 Å². The van der Waals surface area contributed by atoms with Gasteiger partial charge >= 0.3 is 0 Å². The minimum Gasteiger partial charge on any atom is -0.291 e. The number of hydrogen-bond donors (Lipinski definition) is 0. The molecule has 0 spiro atoms. The fraction of sp³-hybridized carbons (Fsp3) is 0.278. The van der Waals surface area contributed by atoms with Crippen molar-refractivity contribution in [2.24, 2.45) is 0 Å². The van der Waals surface area contributed by atoms with Crippen molar-refractivity contribution in [3.63, 3.8) is 0 Å². The maximum Gasteiger partial charge on any atom is 0.297 e. The van der Waals surface area contributed by atoms with Crippen LogP contribution >= 0.6 is 0 Å². The third-order valence-electron chi connectivity index (χ3n) is 3.45. The van der Waals surface area contributed by atoms with Gasteiger partial charge in [-0.2, -0.15) is 8.42 Å². The van der Waals surface area contributed by atoms with Crippen LogP contribution in [0.15, 0.2) is 59.5 Å². The molecule has 0 aliphatic heterocycles. The Morgan fingerprint density at radius 3 is 2.22 bits per heavy atom. The van der Waals surface area contributed by atoms with E-state index in [4.69, 9.17) is 4.18 Å². The normalized spacial score (nSPS) is 12.8. The monoisotopic (exact) mass is 332 g/mol. The lowest BCUT2D eigenvalue weighted by Gasteiger charge is -2.16. The molecule has 2 rings (SSSR count). The second-order valence-electron chi connectivity index (χ2n) is 5.37. The highest BCUT2D eigenvalue weighted by Gasteiger charge is 2.27. The standard InChI is InChI=1S/C18H20O4S/c1-3-7-17(18(19)15-8-5-4-6-9-15)22-23(20,21)16-12-10-14(2)11-13-16/h4-6,8-13,17H,3,7H2,1-2H3/t17-/m1/s1. The summed E-state index contributed by atoms with van der Waals surface area (Å²) in [5, 5.41) is 0. The number of carbonyl (C=O) groups is 1. The van der Waals surface area contributed by atoms with Crippen molar-refractivity contribution in [3.8, 4) is 0 Å². The van der Waals surface area contributed by atoms with Gasteiger partial charge in [0.15, 0.2) is 5.78 Å². The lowest BCUT2D eigenvalue weighted by atomic mass is 10.0. The van der Waals surface area contributed by atoms with Crippen molar-refractivity contribution in [1.29, 1.82) is 0 Å². The Balaban J connectivity index is 2.25. The number of benzene rings is 2. The Kier molecular flexibility index (Phi) is 5.69. The number of ketones is 1. The predicted molar refractivity (Wildman–Crippen MR) is 88.9 cm³/mol. The van der Waals surface area contributed by atoms with Crippen LogP contribution in [0.3, 0.4) is 0 Å². The lowest BCUT2D eigenvalue weighted by molar-refractivity contribution is 0.0787. The Morgan fingerprint density at radius 2 is 1.65 bits per heavy atom. The van der Waals surface area contributed by atoms with Crippen molar-refractivity contribution in [1.82, 2.24) is 0 Å². The van der Waals surface area contributed by atoms with E-state index in [0.29, 0.717) is 18.4 Å². The van der Waals surface area contributed by atoms with Gasteiger partial charge in [-0.15, -0.1) is 0 Å². The molecule has 0 N–H and O–H groups in total. The van der Waals surface area contributed by atoms with Crippen LogP contribution < -0.4 is 0 Å². The van der Waals surface area contributed by atoms with Crippen LogP contribution in [0, 0.1) is 6.92 Å². The molecule has 0 saturated heterocycles. The highest BCUT2D eigenvalue weighted by atomic mass is 32.2. The summed E-state index contributed by atoms with van der Waals surface area (Å²) < 4.78 is 30.0. The summed E-state index contributed by atoms with van der Waals surface area (Å²) >= 11 is 0. The fourth-order valence-electron chi connectivity index (χ4n) is 2.19. The summed E-state index contributed by atoms with van der Waals surface area (Å²) in [6, 6.07) is 15.0. The van der Waals surface area contributed by atoms with Crippen LogP contribution in [0.25, 0.3) is 0 Å². The van der Waals surface area contributed by atoms with Crippen molar-refractivity contribution in [3.05, 3.63) is 65.7 Å². The first-order valence-corrected chi connectivity index (χ1v) is 8.94. The van der Waals surface area contributed by atoms with Crippen molar-refractivity contribution < 1.29 is 17.4 Å². The van der Waals surface area contributed by atoms with Crippen molar-refractivity contribution in [2.45, 2.75) is 37.7 Å². The van der Waals surface area contributed by atoms with Gasteiger partial charge in [0.05, 0.1) is 4.90 Å². The van der Waals surface area contributed by atoms with Gasteiger partial charge in [0.1, 0.15) is 6.10 Å². The number of aryl methyl sites for hydroxylation is 1. The van der Waals surface area contributed by atoms with Gasteiger partial charge in [-0.05, 0) is 25.5 Å². The van der Waals surface area contributed by atoms with Crippen LogP contribution in [-0.2, 0) is 14.3 Å². The lowest BCUT2D eigenvalue weighted by Crippen LogP contribution is -2.27. The molecule has 0 aliphatic carbocycles. The van der Waals surface area contributed by atoms with E-state index in [2.05, 4.69) is 0 Å². The number of carbonyl (C=O) groups excluding carboxylic acids is 1. The summed E-state index contributed by atoms with van der Waals surface area (Å²) in [6.45, 7) is 3.75. The van der Waals surface area contributed by atoms with Crippen molar-refractivity contribution in [2.75, 3.05) is 0 Å².